The lowest BCUT2D eigenvalue weighted by Gasteiger charge is -2.18. The summed E-state index contributed by atoms with van der Waals surface area (Å²) >= 11 is 5.62. The van der Waals surface area contributed by atoms with Gasteiger partial charge in [0, 0.05) is 24.2 Å². The van der Waals surface area contributed by atoms with E-state index in [2.05, 4.69) is 5.32 Å². The van der Waals surface area contributed by atoms with Crippen LogP contribution in [0.15, 0.2) is 30.3 Å². The van der Waals surface area contributed by atoms with Gasteiger partial charge in [0.15, 0.2) is 0 Å². The van der Waals surface area contributed by atoms with Gasteiger partial charge in [0.1, 0.15) is 5.75 Å². The van der Waals surface area contributed by atoms with E-state index in [4.69, 9.17) is 16.3 Å². The normalized spacial score (nSPS) is 13.8. The average molecular weight is 387 g/mol. The van der Waals surface area contributed by atoms with Gasteiger partial charge in [-0.15, -0.1) is 0 Å². The summed E-state index contributed by atoms with van der Waals surface area (Å²) in [5.41, 5.74) is -0.824. The van der Waals surface area contributed by atoms with Crippen LogP contribution < -0.4 is 10.1 Å². The third-order valence-corrected chi connectivity index (χ3v) is 4.06. The fraction of sp³-hybridized carbons (Fsp3) is 0.188. The molecule has 0 spiro atoms. The molecule has 1 heterocycles. The zero-order valence-corrected chi connectivity index (χ0v) is 13.6. The minimum atomic E-state index is -4.83. The van der Waals surface area contributed by atoms with Crippen LogP contribution in [0.4, 0.5) is 24.5 Å². The molecule has 26 heavy (non-hydrogen) atoms. The summed E-state index contributed by atoms with van der Waals surface area (Å²) in [6, 6.07) is 5.67. The fourth-order valence-electron chi connectivity index (χ4n) is 2.54. The van der Waals surface area contributed by atoms with Gasteiger partial charge in [0.05, 0.1) is 15.5 Å². The van der Waals surface area contributed by atoms with Crippen molar-refractivity contribution in [1.29, 1.82) is 0 Å². The van der Waals surface area contributed by atoms with Crippen LogP contribution in [0.2, 0.25) is 5.02 Å². The van der Waals surface area contributed by atoms with Gasteiger partial charge in [0.2, 0.25) is 11.7 Å². The van der Waals surface area contributed by atoms with E-state index in [0.717, 1.165) is 11.6 Å². The van der Waals surface area contributed by atoms with Gasteiger partial charge in [-0.05, 0) is 30.2 Å². The van der Waals surface area contributed by atoms with Crippen LogP contribution in [0.5, 0.6) is 11.5 Å². The molecule has 2 aromatic rings. The Morgan fingerprint density at radius 1 is 1.19 bits per heavy atom. The van der Waals surface area contributed by atoms with Gasteiger partial charge in [-0.3, -0.25) is 14.9 Å². The predicted octanol–water partition coefficient (Wildman–Crippen LogP) is 4.94. The molecular formula is C16H10ClF3N2O4. The minimum Gasteiger partial charge on any atom is -0.450 e. The molecular weight excluding hydrogens is 377 g/mol. The first-order valence-electron chi connectivity index (χ1n) is 7.31. The number of halogens is 4. The second-order valence-electron chi connectivity index (χ2n) is 5.52. The number of nitrogens with zero attached hydrogens (tertiary/aromatic N) is 1. The van der Waals surface area contributed by atoms with Crippen LogP contribution in [0.3, 0.4) is 0 Å². The summed E-state index contributed by atoms with van der Waals surface area (Å²) < 4.78 is 44.1. The average Bonchev–Trinajstić information content (AvgIpc) is 2.53. The third kappa shape index (κ3) is 3.57. The van der Waals surface area contributed by atoms with Gasteiger partial charge in [-0.25, -0.2) is 0 Å². The Bertz CT molecular complexity index is 915. The van der Waals surface area contributed by atoms with Crippen molar-refractivity contribution in [2.45, 2.75) is 19.0 Å². The first-order chi connectivity index (χ1) is 12.1. The molecule has 1 aliphatic heterocycles. The first kappa shape index (κ1) is 18.0. The predicted molar refractivity (Wildman–Crippen MR) is 86.6 cm³/mol. The number of nitro groups is 1. The number of benzene rings is 2. The maximum absolute atomic E-state index is 12.9. The summed E-state index contributed by atoms with van der Waals surface area (Å²) in [6.07, 6.45) is -4.10. The van der Waals surface area contributed by atoms with E-state index >= 15 is 0 Å². The second-order valence-corrected chi connectivity index (χ2v) is 5.93. The zero-order chi connectivity index (χ0) is 19.1. The molecule has 1 amide bonds. The molecule has 0 unspecified atom stereocenters. The Balaban J connectivity index is 1.98. The minimum absolute atomic E-state index is 0.128. The van der Waals surface area contributed by atoms with Crippen molar-refractivity contribution in [1.82, 2.24) is 0 Å². The number of hydrogen-bond donors (Lipinski definition) is 1. The highest BCUT2D eigenvalue weighted by Gasteiger charge is 2.36. The topological polar surface area (TPSA) is 81.5 Å². The van der Waals surface area contributed by atoms with Gasteiger partial charge < -0.3 is 10.1 Å². The molecule has 6 nitrogen and oxygen atoms in total. The van der Waals surface area contributed by atoms with Crippen LogP contribution in [0.1, 0.15) is 17.5 Å². The molecule has 0 atom stereocenters. The number of aryl methyl sites for hydroxylation is 1. The summed E-state index contributed by atoms with van der Waals surface area (Å²) in [6.45, 7) is 0. The maximum Gasteiger partial charge on any atom is 0.418 e. The van der Waals surface area contributed by atoms with E-state index in [-0.39, 0.29) is 18.1 Å². The van der Waals surface area contributed by atoms with Crippen molar-refractivity contribution in [2.24, 2.45) is 0 Å². The molecule has 10 heteroatoms. The van der Waals surface area contributed by atoms with Gasteiger partial charge >= 0.3 is 11.9 Å². The number of ether oxygens (including phenoxy) is 1. The molecule has 3 rings (SSSR count). The Kier molecular flexibility index (Phi) is 4.49. The lowest BCUT2D eigenvalue weighted by atomic mass is 10.0. The number of alkyl halides is 3. The van der Waals surface area contributed by atoms with Crippen molar-refractivity contribution < 1.29 is 27.6 Å². The van der Waals surface area contributed by atoms with Crippen molar-refractivity contribution in [2.75, 3.05) is 5.32 Å². The summed E-state index contributed by atoms with van der Waals surface area (Å²) in [5.74, 6) is -0.358. The van der Waals surface area contributed by atoms with Crippen molar-refractivity contribution in [3.05, 3.63) is 56.6 Å². The molecule has 136 valence electrons. The summed E-state index contributed by atoms with van der Waals surface area (Å²) in [5, 5.41) is 13.1. The van der Waals surface area contributed by atoms with E-state index in [1.807, 2.05) is 0 Å². The molecule has 2 aromatic carbocycles. The molecule has 0 aromatic heterocycles. The molecule has 0 fully saturated rings. The van der Waals surface area contributed by atoms with E-state index in [1.165, 1.54) is 6.07 Å². The lowest BCUT2D eigenvalue weighted by molar-refractivity contribution is -0.385. The van der Waals surface area contributed by atoms with E-state index < -0.39 is 33.1 Å². The van der Waals surface area contributed by atoms with Crippen LogP contribution >= 0.6 is 11.6 Å². The highest BCUT2D eigenvalue weighted by Crippen LogP contribution is 2.42. The number of hydrogen-bond acceptors (Lipinski definition) is 4. The zero-order valence-electron chi connectivity index (χ0n) is 12.9. The summed E-state index contributed by atoms with van der Waals surface area (Å²) in [7, 11) is 0. The Morgan fingerprint density at radius 2 is 1.92 bits per heavy atom. The number of nitrogens with one attached hydrogen (secondary N) is 1. The number of carbonyl (C=O) groups is 1. The molecule has 1 aliphatic rings. The number of fused-ring (bicyclic) bond motifs is 1. The van der Waals surface area contributed by atoms with Gasteiger partial charge in [-0.1, -0.05) is 11.6 Å². The molecule has 1 N–H and O–H groups in total. The number of nitro benzene ring substituents is 1. The second kappa shape index (κ2) is 6.49. The number of rotatable bonds is 3. The largest absolute Gasteiger partial charge is 0.450 e. The molecule has 0 saturated carbocycles. The van der Waals surface area contributed by atoms with E-state index in [0.29, 0.717) is 18.2 Å². The fourth-order valence-corrected chi connectivity index (χ4v) is 2.80. The van der Waals surface area contributed by atoms with E-state index in [9.17, 15) is 28.1 Å². The van der Waals surface area contributed by atoms with Gasteiger partial charge in [0.25, 0.3) is 0 Å². The standard InChI is InChI=1S/C16H10ClF3N2O4/c17-11-7-14(13(22(24)25)6-10(11)16(18,19)20)26-9-2-3-12-8(5-9)1-4-15(23)21-12/h2-3,5-7H,1,4H2,(H,21,23). The van der Waals surface area contributed by atoms with Crippen LogP contribution in [0.25, 0.3) is 0 Å². The van der Waals surface area contributed by atoms with E-state index in [1.54, 1.807) is 12.1 Å². The molecule has 0 saturated heterocycles. The maximum atomic E-state index is 12.9. The lowest BCUT2D eigenvalue weighted by Crippen LogP contribution is -2.18. The quantitative estimate of drug-likeness (QED) is 0.598. The number of anilines is 1. The highest BCUT2D eigenvalue weighted by molar-refractivity contribution is 6.31. The van der Waals surface area contributed by atoms with Crippen molar-refractivity contribution in [3.8, 4) is 11.5 Å². The summed E-state index contributed by atoms with van der Waals surface area (Å²) in [4.78, 5) is 21.5. The molecule has 0 bridgehead atoms. The van der Waals surface area contributed by atoms with Crippen LogP contribution in [-0.4, -0.2) is 10.8 Å². The van der Waals surface area contributed by atoms with Gasteiger partial charge in [-0.2, -0.15) is 13.2 Å². The van der Waals surface area contributed by atoms with Crippen molar-refractivity contribution in [3.63, 3.8) is 0 Å². The Morgan fingerprint density at radius 3 is 2.58 bits per heavy atom. The smallest absolute Gasteiger partial charge is 0.418 e. The molecule has 0 radical (unpaired) electrons. The highest BCUT2D eigenvalue weighted by atomic mass is 35.5. The van der Waals surface area contributed by atoms with Crippen LogP contribution in [0, 0.1) is 10.1 Å². The van der Waals surface area contributed by atoms with Crippen molar-refractivity contribution >= 4 is 28.9 Å². The Labute approximate surface area is 149 Å². The first-order valence-corrected chi connectivity index (χ1v) is 7.68. The monoisotopic (exact) mass is 386 g/mol. The number of carbonyl (C=O) groups excluding carboxylic acids is 1. The number of amides is 1. The molecule has 0 aliphatic carbocycles. The van der Waals surface area contributed by atoms with Crippen LogP contribution in [-0.2, 0) is 17.4 Å². The SMILES string of the molecule is O=C1CCc2cc(Oc3cc(Cl)c(C(F)(F)F)cc3[N+](=O)[O-])ccc2N1. The Hall–Kier alpha value is -2.81. The third-order valence-electron chi connectivity index (χ3n) is 3.75.